The van der Waals surface area contributed by atoms with Crippen molar-refractivity contribution in [3.05, 3.63) is 77.4 Å². The van der Waals surface area contributed by atoms with Gasteiger partial charge in [0.25, 0.3) is 0 Å². The summed E-state index contributed by atoms with van der Waals surface area (Å²) in [6, 6.07) is 15.5. The Labute approximate surface area is 161 Å². The molecule has 0 amide bonds. The molecule has 0 aliphatic heterocycles. The number of fused-ring (bicyclic) bond motifs is 5. The molecule has 0 saturated heterocycles. The lowest BCUT2D eigenvalue weighted by atomic mass is 9.56. The van der Waals surface area contributed by atoms with Gasteiger partial charge in [0.05, 0.1) is 5.56 Å². The number of hydrogen-bond acceptors (Lipinski definition) is 2. The minimum atomic E-state index is -0.283. The summed E-state index contributed by atoms with van der Waals surface area (Å²) in [5.74, 6) is 2.66. The molecule has 1 saturated carbocycles. The monoisotopic (exact) mass is 358 g/mol. The molecule has 27 heavy (non-hydrogen) atoms. The SMILES string of the molecule is C[C@@]12C=CC[C@H]1[C@H]1CCc3cc(OC(=O)c4ccccc4)ccc3[C@@H]1CC2. The van der Waals surface area contributed by atoms with Gasteiger partial charge in [-0.15, -0.1) is 0 Å². The van der Waals surface area contributed by atoms with E-state index < -0.39 is 0 Å². The van der Waals surface area contributed by atoms with Crippen molar-refractivity contribution in [2.45, 2.75) is 44.9 Å². The van der Waals surface area contributed by atoms with Crippen LogP contribution in [0.5, 0.6) is 5.75 Å². The van der Waals surface area contributed by atoms with E-state index in [-0.39, 0.29) is 5.97 Å². The van der Waals surface area contributed by atoms with Gasteiger partial charge in [0.1, 0.15) is 5.75 Å². The van der Waals surface area contributed by atoms with Gasteiger partial charge in [-0.2, -0.15) is 0 Å². The highest BCUT2D eigenvalue weighted by Crippen LogP contribution is 2.58. The average molecular weight is 358 g/mol. The van der Waals surface area contributed by atoms with Crippen molar-refractivity contribution in [3.63, 3.8) is 0 Å². The second-order valence-corrected chi connectivity index (χ2v) is 8.71. The number of hydrogen-bond donors (Lipinski definition) is 0. The van der Waals surface area contributed by atoms with Crippen LogP contribution in [0.1, 0.15) is 60.0 Å². The van der Waals surface area contributed by atoms with Gasteiger partial charge in [-0.05, 0) is 90.7 Å². The third-order valence-corrected chi connectivity index (χ3v) is 7.24. The number of esters is 1. The number of aryl methyl sites for hydroxylation is 1. The van der Waals surface area contributed by atoms with Crippen LogP contribution >= 0.6 is 0 Å². The molecule has 3 aliphatic rings. The van der Waals surface area contributed by atoms with Crippen LogP contribution in [0.3, 0.4) is 0 Å². The first-order valence-electron chi connectivity index (χ1n) is 10.2. The Kier molecular flexibility index (Phi) is 3.96. The zero-order chi connectivity index (χ0) is 18.4. The lowest BCUT2D eigenvalue weighted by molar-refractivity contribution is 0.0732. The van der Waals surface area contributed by atoms with E-state index in [9.17, 15) is 4.79 Å². The molecule has 0 aromatic heterocycles. The molecule has 1 fully saturated rings. The van der Waals surface area contributed by atoms with Crippen LogP contribution in [0.15, 0.2) is 60.7 Å². The lowest BCUT2D eigenvalue weighted by Gasteiger charge is -2.49. The Morgan fingerprint density at radius 1 is 1.11 bits per heavy atom. The van der Waals surface area contributed by atoms with Gasteiger partial charge >= 0.3 is 5.97 Å². The van der Waals surface area contributed by atoms with Crippen molar-refractivity contribution in [1.29, 1.82) is 0 Å². The molecule has 5 rings (SSSR count). The highest BCUT2D eigenvalue weighted by Gasteiger charge is 2.48. The average Bonchev–Trinajstić information content (AvgIpc) is 3.10. The number of allylic oxidation sites excluding steroid dienone is 2. The van der Waals surface area contributed by atoms with Gasteiger partial charge in [-0.3, -0.25) is 0 Å². The first-order valence-corrected chi connectivity index (χ1v) is 10.2. The topological polar surface area (TPSA) is 26.3 Å². The molecule has 2 aromatic rings. The quantitative estimate of drug-likeness (QED) is 0.378. The number of rotatable bonds is 2. The van der Waals surface area contributed by atoms with Crippen LogP contribution in [-0.2, 0) is 6.42 Å². The number of benzene rings is 2. The van der Waals surface area contributed by atoms with Gasteiger partial charge in [-0.1, -0.05) is 43.3 Å². The number of carbonyl (C=O) groups is 1. The van der Waals surface area contributed by atoms with Crippen LogP contribution < -0.4 is 4.74 Å². The van der Waals surface area contributed by atoms with Crippen LogP contribution in [0.2, 0.25) is 0 Å². The van der Waals surface area contributed by atoms with Crippen LogP contribution in [0, 0.1) is 17.3 Å². The molecule has 0 bridgehead atoms. The summed E-state index contributed by atoms with van der Waals surface area (Å²) in [6.07, 6.45) is 11.1. The molecule has 138 valence electrons. The number of carbonyl (C=O) groups excluding carboxylic acids is 1. The van der Waals surface area contributed by atoms with Gasteiger partial charge in [0.2, 0.25) is 0 Å². The molecule has 2 aromatic carbocycles. The Morgan fingerprint density at radius 3 is 2.81 bits per heavy atom. The largest absolute Gasteiger partial charge is 0.423 e. The summed E-state index contributed by atoms with van der Waals surface area (Å²) in [7, 11) is 0. The minimum Gasteiger partial charge on any atom is -0.423 e. The van der Waals surface area contributed by atoms with Crippen molar-refractivity contribution in [2.75, 3.05) is 0 Å². The van der Waals surface area contributed by atoms with E-state index in [0.29, 0.717) is 22.6 Å². The summed E-state index contributed by atoms with van der Waals surface area (Å²) >= 11 is 0. The standard InChI is InChI=1S/C25H26O2/c1-25-14-5-8-23(25)22-11-9-18-16-19(10-12-20(18)21(22)13-15-25)27-24(26)17-6-3-2-4-7-17/h2-7,10,12,14,16,21-23H,8-9,11,13,15H2,1H3/t21-,22-,23-,25-/m0/s1. The summed E-state index contributed by atoms with van der Waals surface area (Å²) in [4.78, 5) is 12.3. The van der Waals surface area contributed by atoms with Crippen molar-refractivity contribution in [2.24, 2.45) is 17.3 Å². The predicted molar refractivity (Wildman–Crippen MR) is 107 cm³/mol. The maximum absolute atomic E-state index is 12.3. The van der Waals surface area contributed by atoms with Crippen molar-refractivity contribution >= 4 is 5.97 Å². The van der Waals surface area contributed by atoms with Crippen LogP contribution in [0.4, 0.5) is 0 Å². The smallest absolute Gasteiger partial charge is 0.343 e. The van der Waals surface area contributed by atoms with Gasteiger partial charge < -0.3 is 4.74 Å². The summed E-state index contributed by atoms with van der Waals surface area (Å²) in [5.41, 5.74) is 3.89. The molecule has 0 unspecified atom stereocenters. The van der Waals surface area contributed by atoms with E-state index in [1.807, 2.05) is 24.3 Å². The summed E-state index contributed by atoms with van der Waals surface area (Å²) < 4.78 is 5.64. The first kappa shape index (κ1) is 16.8. The van der Waals surface area contributed by atoms with Gasteiger partial charge in [0.15, 0.2) is 0 Å². The lowest BCUT2D eigenvalue weighted by Crippen LogP contribution is -2.39. The van der Waals surface area contributed by atoms with Gasteiger partial charge in [-0.25, -0.2) is 4.79 Å². The Morgan fingerprint density at radius 2 is 1.96 bits per heavy atom. The summed E-state index contributed by atoms with van der Waals surface area (Å²) in [5, 5.41) is 0. The predicted octanol–water partition coefficient (Wildman–Crippen LogP) is 5.93. The Balaban J connectivity index is 1.37. The molecule has 0 heterocycles. The highest BCUT2D eigenvalue weighted by atomic mass is 16.5. The van der Waals surface area contributed by atoms with Crippen molar-refractivity contribution < 1.29 is 9.53 Å². The first-order chi connectivity index (χ1) is 13.1. The molecule has 4 atom stereocenters. The fraction of sp³-hybridized carbons (Fsp3) is 0.400. The van der Waals surface area contributed by atoms with Gasteiger partial charge in [0, 0.05) is 0 Å². The van der Waals surface area contributed by atoms with E-state index in [1.54, 1.807) is 12.1 Å². The third kappa shape index (κ3) is 2.82. The molecule has 0 radical (unpaired) electrons. The normalized spacial score (nSPS) is 30.9. The van der Waals surface area contributed by atoms with E-state index >= 15 is 0 Å². The molecular weight excluding hydrogens is 332 g/mol. The zero-order valence-corrected chi connectivity index (χ0v) is 15.9. The fourth-order valence-corrected chi connectivity index (χ4v) is 5.84. The maximum atomic E-state index is 12.3. The van der Waals surface area contributed by atoms with E-state index in [1.165, 1.54) is 36.8 Å². The van der Waals surface area contributed by atoms with E-state index in [2.05, 4.69) is 31.2 Å². The summed E-state index contributed by atoms with van der Waals surface area (Å²) in [6.45, 7) is 2.46. The molecular formula is C25H26O2. The Hall–Kier alpha value is -2.35. The van der Waals surface area contributed by atoms with E-state index in [4.69, 9.17) is 4.74 Å². The Bertz CT molecular complexity index is 898. The van der Waals surface area contributed by atoms with Crippen LogP contribution in [0.25, 0.3) is 0 Å². The number of ether oxygens (including phenoxy) is 1. The zero-order valence-electron chi connectivity index (χ0n) is 15.9. The van der Waals surface area contributed by atoms with Crippen molar-refractivity contribution in [3.8, 4) is 5.75 Å². The molecule has 3 aliphatic carbocycles. The second kappa shape index (κ2) is 6.37. The molecule has 2 nitrogen and oxygen atoms in total. The molecule has 0 spiro atoms. The molecule has 2 heteroatoms. The second-order valence-electron chi connectivity index (χ2n) is 8.71. The van der Waals surface area contributed by atoms with Crippen LogP contribution in [-0.4, -0.2) is 5.97 Å². The molecule has 0 N–H and O–H groups in total. The minimum absolute atomic E-state index is 0.283. The third-order valence-electron chi connectivity index (χ3n) is 7.24. The highest BCUT2D eigenvalue weighted by molar-refractivity contribution is 5.91. The van der Waals surface area contributed by atoms with E-state index in [0.717, 1.165) is 18.3 Å². The van der Waals surface area contributed by atoms with Crippen molar-refractivity contribution in [1.82, 2.24) is 0 Å². The maximum Gasteiger partial charge on any atom is 0.343 e. The fourth-order valence-electron chi connectivity index (χ4n) is 5.84.